The number of benzene rings is 1. The molecule has 1 atom stereocenters. The lowest BCUT2D eigenvalue weighted by Crippen LogP contribution is -2.03. The molecule has 0 spiro atoms. The number of hydrogen-bond acceptors (Lipinski definition) is 2. The van der Waals surface area contributed by atoms with Crippen molar-refractivity contribution >= 4 is 27.5 Å². The van der Waals surface area contributed by atoms with Crippen LogP contribution in [-0.4, -0.2) is 5.11 Å². The van der Waals surface area contributed by atoms with Crippen molar-refractivity contribution in [2.45, 2.75) is 6.10 Å². The van der Waals surface area contributed by atoms with Crippen molar-refractivity contribution in [1.82, 2.24) is 0 Å². The van der Waals surface area contributed by atoms with E-state index in [4.69, 9.17) is 16.0 Å². The quantitative estimate of drug-likeness (QED) is 0.853. The standard InChI is InChI=1S/C11H7BrClFO2/c12-10-6(13)3-4-7(14)9(10)11(15)8-2-1-5-16-8/h1-5,11,15H. The molecule has 0 saturated carbocycles. The summed E-state index contributed by atoms with van der Waals surface area (Å²) in [7, 11) is 0. The highest BCUT2D eigenvalue weighted by Crippen LogP contribution is 2.35. The van der Waals surface area contributed by atoms with E-state index in [-0.39, 0.29) is 11.3 Å². The molecule has 84 valence electrons. The molecule has 1 unspecified atom stereocenters. The van der Waals surface area contributed by atoms with E-state index in [0.29, 0.717) is 9.50 Å². The van der Waals surface area contributed by atoms with Gasteiger partial charge in [-0.2, -0.15) is 0 Å². The molecular formula is C11H7BrClFO2. The highest BCUT2D eigenvalue weighted by Gasteiger charge is 2.21. The van der Waals surface area contributed by atoms with E-state index in [1.54, 1.807) is 12.1 Å². The van der Waals surface area contributed by atoms with Crippen LogP contribution in [0.2, 0.25) is 5.02 Å². The Hall–Kier alpha value is -0.840. The highest BCUT2D eigenvalue weighted by atomic mass is 79.9. The van der Waals surface area contributed by atoms with E-state index in [0.717, 1.165) is 0 Å². The SMILES string of the molecule is OC(c1ccco1)c1c(F)ccc(Cl)c1Br. The van der Waals surface area contributed by atoms with Crippen LogP contribution in [0.5, 0.6) is 0 Å². The summed E-state index contributed by atoms with van der Waals surface area (Å²) in [6, 6.07) is 5.81. The molecule has 2 rings (SSSR count). The molecule has 0 aliphatic heterocycles. The van der Waals surface area contributed by atoms with Crippen LogP contribution < -0.4 is 0 Å². The van der Waals surface area contributed by atoms with E-state index in [1.807, 2.05) is 0 Å². The van der Waals surface area contributed by atoms with Crippen molar-refractivity contribution in [2.24, 2.45) is 0 Å². The van der Waals surface area contributed by atoms with Crippen LogP contribution in [0.3, 0.4) is 0 Å². The molecule has 5 heteroatoms. The Kier molecular flexibility index (Phi) is 3.33. The lowest BCUT2D eigenvalue weighted by atomic mass is 10.1. The van der Waals surface area contributed by atoms with Crippen molar-refractivity contribution in [3.8, 4) is 0 Å². The number of aliphatic hydroxyl groups excluding tert-OH is 1. The van der Waals surface area contributed by atoms with Crippen LogP contribution in [-0.2, 0) is 0 Å². The summed E-state index contributed by atoms with van der Waals surface area (Å²) in [4.78, 5) is 0. The van der Waals surface area contributed by atoms with Crippen molar-refractivity contribution in [2.75, 3.05) is 0 Å². The minimum Gasteiger partial charge on any atom is -0.466 e. The molecule has 1 N–H and O–H groups in total. The first kappa shape index (κ1) is 11.6. The molecule has 1 heterocycles. The number of furan rings is 1. The smallest absolute Gasteiger partial charge is 0.141 e. The Morgan fingerprint density at radius 3 is 2.75 bits per heavy atom. The van der Waals surface area contributed by atoms with Gasteiger partial charge in [0.2, 0.25) is 0 Å². The molecule has 1 aromatic carbocycles. The van der Waals surface area contributed by atoms with Crippen molar-refractivity contribution in [3.63, 3.8) is 0 Å². The zero-order valence-electron chi connectivity index (χ0n) is 7.95. The normalized spacial score (nSPS) is 12.8. The summed E-state index contributed by atoms with van der Waals surface area (Å²) in [6.45, 7) is 0. The summed E-state index contributed by atoms with van der Waals surface area (Å²) in [6.07, 6.45) is 0.234. The van der Waals surface area contributed by atoms with Crippen LogP contribution in [0, 0.1) is 5.82 Å². The fourth-order valence-corrected chi connectivity index (χ4v) is 2.09. The van der Waals surface area contributed by atoms with Gasteiger partial charge >= 0.3 is 0 Å². The summed E-state index contributed by atoms with van der Waals surface area (Å²) < 4.78 is 18.9. The summed E-state index contributed by atoms with van der Waals surface area (Å²) in [5, 5.41) is 10.3. The van der Waals surface area contributed by atoms with Gasteiger partial charge in [-0.1, -0.05) is 11.6 Å². The predicted octanol–water partition coefficient (Wildman–Crippen LogP) is 3.92. The van der Waals surface area contributed by atoms with Crippen LogP contribution in [0.4, 0.5) is 4.39 Å². The van der Waals surface area contributed by atoms with Gasteiger partial charge in [0, 0.05) is 10.0 Å². The second-order valence-corrected chi connectivity index (χ2v) is 4.38. The highest BCUT2D eigenvalue weighted by molar-refractivity contribution is 9.10. The first-order chi connectivity index (χ1) is 7.61. The lowest BCUT2D eigenvalue weighted by Gasteiger charge is -2.12. The molecule has 0 saturated heterocycles. The molecule has 16 heavy (non-hydrogen) atoms. The first-order valence-electron chi connectivity index (χ1n) is 4.46. The maximum absolute atomic E-state index is 13.6. The van der Waals surface area contributed by atoms with Gasteiger partial charge in [-0.3, -0.25) is 0 Å². The minimum absolute atomic E-state index is 0.0717. The molecule has 0 radical (unpaired) electrons. The van der Waals surface area contributed by atoms with Crippen molar-refractivity contribution in [3.05, 3.63) is 57.2 Å². The van der Waals surface area contributed by atoms with Crippen LogP contribution in [0.1, 0.15) is 17.4 Å². The fraction of sp³-hybridized carbons (Fsp3) is 0.0909. The number of hydrogen-bond donors (Lipinski definition) is 1. The Labute approximate surface area is 105 Å². The van der Waals surface area contributed by atoms with E-state index in [9.17, 15) is 9.50 Å². The average Bonchev–Trinajstić information content (AvgIpc) is 2.77. The zero-order valence-corrected chi connectivity index (χ0v) is 10.3. The van der Waals surface area contributed by atoms with E-state index < -0.39 is 11.9 Å². The molecule has 0 amide bonds. The van der Waals surface area contributed by atoms with Gasteiger partial charge in [-0.05, 0) is 40.2 Å². The average molecular weight is 306 g/mol. The Balaban J connectivity index is 2.52. The molecule has 0 aliphatic carbocycles. The molecule has 0 aliphatic rings. The molecule has 1 aromatic heterocycles. The summed E-state index contributed by atoms with van der Waals surface area (Å²) >= 11 is 8.98. The van der Waals surface area contributed by atoms with Gasteiger partial charge in [-0.25, -0.2) is 4.39 Å². The molecule has 0 fully saturated rings. The van der Waals surface area contributed by atoms with Crippen LogP contribution >= 0.6 is 27.5 Å². The van der Waals surface area contributed by atoms with Gasteiger partial charge in [-0.15, -0.1) is 0 Å². The summed E-state index contributed by atoms with van der Waals surface area (Å²) in [5.41, 5.74) is 0.0717. The van der Waals surface area contributed by atoms with E-state index in [1.165, 1.54) is 18.4 Å². The number of aliphatic hydroxyl groups is 1. The lowest BCUT2D eigenvalue weighted by molar-refractivity contribution is 0.184. The summed E-state index contributed by atoms with van der Waals surface area (Å²) in [5.74, 6) is -0.276. The third kappa shape index (κ3) is 2.00. The Morgan fingerprint density at radius 2 is 2.12 bits per heavy atom. The van der Waals surface area contributed by atoms with E-state index in [2.05, 4.69) is 15.9 Å². The van der Waals surface area contributed by atoms with Crippen molar-refractivity contribution < 1.29 is 13.9 Å². The van der Waals surface area contributed by atoms with Gasteiger partial charge in [0.15, 0.2) is 0 Å². The Bertz CT molecular complexity index is 499. The largest absolute Gasteiger partial charge is 0.466 e. The molecule has 0 bridgehead atoms. The zero-order chi connectivity index (χ0) is 11.7. The molecular weight excluding hydrogens is 298 g/mol. The second-order valence-electron chi connectivity index (χ2n) is 3.17. The molecule has 2 aromatic rings. The maximum atomic E-state index is 13.6. The van der Waals surface area contributed by atoms with Crippen LogP contribution in [0.25, 0.3) is 0 Å². The van der Waals surface area contributed by atoms with Crippen molar-refractivity contribution in [1.29, 1.82) is 0 Å². The van der Waals surface area contributed by atoms with E-state index >= 15 is 0 Å². The third-order valence-electron chi connectivity index (χ3n) is 2.17. The first-order valence-corrected chi connectivity index (χ1v) is 5.63. The number of rotatable bonds is 2. The third-order valence-corrected chi connectivity index (χ3v) is 3.56. The van der Waals surface area contributed by atoms with Gasteiger partial charge < -0.3 is 9.52 Å². The second kappa shape index (κ2) is 4.57. The monoisotopic (exact) mass is 304 g/mol. The Morgan fingerprint density at radius 1 is 1.38 bits per heavy atom. The minimum atomic E-state index is -1.18. The number of halogens is 3. The topological polar surface area (TPSA) is 33.4 Å². The van der Waals surface area contributed by atoms with Crippen LogP contribution in [0.15, 0.2) is 39.4 Å². The fourth-order valence-electron chi connectivity index (χ4n) is 1.38. The van der Waals surface area contributed by atoms with Gasteiger partial charge in [0.25, 0.3) is 0 Å². The van der Waals surface area contributed by atoms with Gasteiger partial charge in [0.1, 0.15) is 17.7 Å². The molecule has 2 nitrogen and oxygen atoms in total. The van der Waals surface area contributed by atoms with Gasteiger partial charge in [0.05, 0.1) is 11.3 Å². The predicted molar refractivity (Wildman–Crippen MR) is 61.9 cm³/mol. The maximum Gasteiger partial charge on any atom is 0.141 e.